The Morgan fingerprint density at radius 1 is 1.09 bits per heavy atom. The summed E-state index contributed by atoms with van der Waals surface area (Å²) in [6.07, 6.45) is 1.54. The van der Waals surface area contributed by atoms with Gasteiger partial charge in [-0.1, -0.05) is 36.0 Å². The molecule has 0 aliphatic rings. The number of thioether (sulfide) groups is 1. The Bertz CT molecular complexity index is 1420. The van der Waals surface area contributed by atoms with Crippen LogP contribution >= 0.6 is 11.8 Å². The molecule has 1 aromatic heterocycles. The SMILES string of the molecule is CCOc1ccc(-n2c(SCC(=O)NN=Cc3cccc(OC)c3)nc3ccccc3c2=O)cc1. The Balaban J connectivity index is 1.54. The van der Waals surface area contributed by atoms with E-state index in [9.17, 15) is 9.59 Å². The first-order chi connectivity index (χ1) is 17.1. The van der Waals surface area contributed by atoms with Crippen molar-refractivity contribution in [2.24, 2.45) is 5.10 Å². The molecule has 0 atom stereocenters. The van der Waals surface area contributed by atoms with Gasteiger partial charge in [-0.2, -0.15) is 5.10 Å². The van der Waals surface area contributed by atoms with Gasteiger partial charge in [0, 0.05) is 0 Å². The van der Waals surface area contributed by atoms with E-state index in [0.29, 0.717) is 39.9 Å². The lowest BCUT2D eigenvalue weighted by molar-refractivity contribution is -0.118. The molecule has 0 unspecified atom stereocenters. The van der Waals surface area contributed by atoms with Gasteiger partial charge in [0.1, 0.15) is 11.5 Å². The summed E-state index contributed by atoms with van der Waals surface area (Å²) in [6.45, 7) is 2.46. The number of ether oxygens (including phenoxy) is 2. The molecular formula is C26H24N4O4S. The molecule has 0 fully saturated rings. The van der Waals surface area contributed by atoms with Crippen LogP contribution in [0.3, 0.4) is 0 Å². The number of nitrogens with zero attached hydrogens (tertiary/aromatic N) is 3. The number of rotatable bonds is 9. The van der Waals surface area contributed by atoms with E-state index in [0.717, 1.165) is 17.3 Å². The predicted molar refractivity (Wildman–Crippen MR) is 138 cm³/mol. The molecule has 0 saturated heterocycles. The standard InChI is InChI=1S/C26H24N4O4S/c1-3-34-20-13-11-19(12-14-20)30-25(32)22-9-4-5-10-23(22)28-26(30)35-17-24(31)29-27-16-18-7-6-8-21(15-18)33-2/h4-16H,3,17H2,1-2H3,(H,29,31). The normalized spacial score (nSPS) is 11.0. The van der Waals surface area contributed by atoms with Crippen molar-refractivity contribution in [2.75, 3.05) is 19.5 Å². The Morgan fingerprint density at radius 3 is 2.66 bits per heavy atom. The van der Waals surface area contributed by atoms with Gasteiger partial charge in [-0.3, -0.25) is 14.2 Å². The van der Waals surface area contributed by atoms with Crippen LogP contribution in [0, 0.1) is 0 Å². The van der Waals surface area contributed by atoms with E-state index in [-0.39, 0.29) is 17.2 Å². The molecule has 3 aromatic carbocycles. The maximum atomic E-state index is 13.3. The zero-order valence-corrected chi connectivity index (χ0v) is 20.1. The van der Waals surface area contributed by atoms with E-state index in [1.807, 2.05) is 31.2 Å². The first-order valence-corrected chi connectivity index (χ1v) is 11.9. The van der Waals surface area contributed by atoms with Gasteiger partial charge in [-0.15, -0.1) is 0 Å². The first-order valence-electron chi connectivity index (χ1n) is 10.9. The number of carbonyl (C=O) groups is 1. The minimum Gasteiger partial charge on any atom is -0.497 e. The molecule has 0 saturated carbocycles. The second kappa shape index (κ2) is 11.3. The van der Waals surface area contributed by atoms with Crippen LogP contribution in [0.1, 0.15) is 12.5 Å². The fourth-order valence-corrected chi connectivity index (χ4v) is 4.16. The summed E-state index contributed by atoms with van der Waals surface area (Å²) in [4.78, 5) is 30.4. The molecule has 1 N–H and O–H groups in total. The number of hydrogen-bond donors (Lipinski definition) is 1. The van der Waals surface area contributed by atoms with Gasteiger partial charge in [0.15, 0.2) is 5.16 Å². The highest BCUT2D eigenvalue weighted by atomic mass is 32.2. The Labute approximate surface area is 206 Å². The average Bonchev–Trinajstić information content (AvgIpc) is 2.88. The van der Waals surface area contributed by atoms with Gasteiger partial charge in [0.25, 0.3) is 11.5 Å². The van der Waals surface area contributed by atoms with Crippen LogP contribution in [0.15, 0.2) is 87.8 Å². The highest BCUT2D eigenvalue weighted by Gasteiger charge is 2.15. The number of aromatic nitrogens is 2. The molecule has 4 rings (SSSR count). The number of amides is 1. The van der Waals surface area contributed by atoms with Crippen LogP contribution < -0.4 is 20.5 Å². The van der Waals surface area contributed by atoms with Crippen molar-refractivity contribution in [2.45, 2.75) is 12.1 Å². The lowest BCUT2D eigenvalue weighted by Gasteiger charge is -2.13. The van der Waals surface area contributed by atoms with Crippen LogP contribution in [-0.4, -0.2) is 41.1 Å². The van der Waals surface area contributed by atoms with Gasteiger partial charge in [0.05, 0.1) is 42.3 Å². The molecule has 1 heterocycles. The summed E-state index contributed by atoms with van der Waals surface area (Å²) < 4.78 is 12.2. The highest BCUT2D eigenvalue weighted by Crippen LogP contribution is 2.23. The number of fused-ring (bicyclic) bond motifs is 1. The van der Waals surface area contributed by atoms with Gasteiger partial charge >= 0.3 is 0 Å². The fourth-order valence-electron chi connectivity index (χ4n) is 3.36. The van der Waals surface area contributed by atoms with Crippen molar-refractivity contribution in [3.8, 4) is 17.2 Å². The number of methoxy groups -OCH3 is 1. The average molecular weight is 489 g/mol. The maximum absolute atomic E-state index is 13.3. The first kappa shape index (κ1) is 24.0. The van der Waals surface area contributed by atoms with Crippen molar-refractivity contribution in [1.82, 2.24) is 15.0 Å². The number of nitrogens with one attached hydrogen (secondary N) is 1. The largest absolute Gasteiger partial charge is 0.497 e. The van der Waals surface area contributed by atoms with Gasteiger partial charge < -0.3 is 9.47 Å². The number of hydrazone groups is 1. The summed E-state index contributed by atoms with van der Waals surface area (Å²) in [5, 5.41) is 4.91. The van der Waals surface area contributed by atoms with Crippen LogP contribution in [0.5, 0.6) is 11.5 Å². The van der Waals surface area contributed by atoms with Crippen molar-refractivity contribution < 1.29 is 14.3 Å². The van der Waals surface area contributed by atoms with E-state index < -0.39 is 0 Å². The Hall–Kier alpha value is -4.11. The molecule has 1 amide bonds. The molecule has 0 spiro atoms. The van der Waals surface area contributed by atoms with Crippen molar-refractivity contribution >= 4 is 34.8 Å². The van der Waals surface area contributed by atoms with Crippen molar-refractivity contribution in [3.05, 3.63) is 88.7 Å². The second-order valence-corrected chi connectivity index (χ2v) is 8.28. The number of hydrogen-bond acceptors (Lipinski definition) is 7. The molecule has 0 aliphatic heterocycles. The molecule has 8 nitrogen and oxygen atoms in total. The van der Waals surface area contributed by atoms with Crippen molar-refractivity contribution in [3.63, 3.8) is 0 Å². The van der Waals surface area contributed by atoms with E-state index in [1.165, 1.54) is 10.8 Å². The Kier molecular flexibility index (Phi) is 7.79. The van der Waals surface area contributed by atoms with Gasteiger partial charge in [0.2, 0.25) is 0 Å². The van der Waals surface area contributed by atoms with Gasteiger partial charge in [-0.25, -0.2) is 10.4 Å². The van der Waals surface area contributed by atoms with E-state index in [4.69, 9.17) is 9.47 Å². The lowest BCUT2D eigenvalue weighted by Crippen LogP contribution is -2.24. The zero-order chi connectivity index (χ0) is 24.6. The smallest absolute Gasteiger partial charge is 0.266 e. The monoisotopic (exact) mass is 488 g/mol. The molecule has 0 aliphatic carbocycles. The third-order valence-electron chi connectivity index (χ3n) is 4.98. The molecule has 9 heteroatoms. The Morgan fingerprint density at radius 2 is 1.89 bits per heavy atom. The maximum Gasteiger partial charge on any atom is 0.266 e. The number of carbonyl (C=O) groups excluding carboxylic acids is 1. The summed E-state index contributed by atoms with van der Waals surface area (Å²) in [6, 6.07) is 21.7. The molecular weight excluding hydrogens is 464 g/mol. The summed E-state index contributed by atoms with van der Waals surface area (Å²) in [5.74, 6) is 1.11. The number of benzene rings is 3. The van der Waals surface area contributed by atoms with Crippen LogP contribution in [0.4, 0.5) is 0 Å². The third-order valence-corrected chi connectivity index (χ3v) is 5.92. The second-order valence-electron chi connectivity index (χ2n) is 7.34. The van der Waals surface area contributed by atoms with Crippen LogP contribution in [-0.2, 0) is 4.79 Å². The van der Waals surface area contributed by atoms with Crippen molar-refractivity contribution in [1.29, 1.82) is 0 Å². The van der Waals surface area contributed by atoms with E-state index >= 15 is 0 Å². The zero-order valence-electron chi connectivity index (χ0n) is 19.3. The molecule has 178 valence electrons. The quantitative estimate of drug-likeness (QED) is 0.165. The summed E-state index contributed by atoms with van der Waals surface area (Å²) in [5.41, 5.74) is 4.29. The molecule has 35 heavy (non-hydrogen) atoms. The minimum absolute atomic E-state index is 0.0251. The number of para-hydroxylation sites is 1. The topological polar surface area (TPSA) is 94.8 Å². The lowest BCUT2D eigenvalue weighted by atomic mass is 10.2. The van der Waals surface area contributed by atoms with Gasteiger partial charge in [-0.05, 0) is 61.0 Å². The van der Waals surface area contributed by atoms with E-state index in [2.05, 4.69) is 15.5 Å². The summed E-state index contributed by atoms with van der Waals surface area (Å²) in [7, 11) is 1.59. The molecule has 0 radical (unpaired) electrons. The van der Waals surface area contributed by atoms with E-state index in [1.54, 1.807) is 55.6 Å². The fraction of sp³-hybridized carbons (Fsp3) is 0.154. The third kappa shape index (κ3) is 5.88. The van der Waals surface area contributed by atoms with Crippen LogP contribution in [0.2, 0.25) is 0 Å². The minimum atomic E-state index is -0.324. The predicted octanol–water partition coefficient (Wildman–Crippen LogP) is 4.04. The molecule has 4 aromatic rings. The van der Waals surface area contributed by atoms with Crippen LogP contribution in [0.25, 0.3) is 16.6 Å². The molecule has 0 bridgehead atoms. The highest BCUT2D eigenvalue weighted by molar-refractivity contribution is 7.99. The summed E-state index contributed by atoms with van der Waals surface area (Å²) >= 11 is 1.16.